The minimum atomic E-state index is -1.02. The quantitative estimate of drug-likeness (QED) is 0.186. The van der Waals surface area contributed by atoms with Gasteiger partial charge in [0.2, 0.25) is 13.3 Å². The normalized spacial score (nSPS) is 9.67. The van der Waals surface area contributed by atoms with Crippen LogP contribution in [0.4, 0.5) is 0 Å². The molecule has 0 saturated heterocycles. The number of rotatable bonds is 9. The largest absolute Gasteiger partial charge is 0.235 e. The predicted molar refractivity (Wildman–Crippen MR) is 57.7 cm³/mol. The second-order valence-corrected chi connectivity index (χ2v) is 3.23. The lowest BCUT2D eigenvalue weighted by Gasteiger charge is -2.19. The first-order chi connectivity index (χ1) is 8.33. The van der Waals surface area contributed by atoms with Crippen LogP contribution in [-0.2, 0) is 0 Å². The number of hydrogen-bond acceptors (Lipinski definition) is 6. The van der Waals surface area contributed by atoms with Crippen molar-refractivity contribution in [2.45, 2.75) is 0 Å². The van der Waals surface area contributed by atoms with E-state index in [-0.39, 0.29) is 5.01 Å². The van der Waals surface area contributed by atoms with E-state index in [9.17, 15) is 30.3 Å². The molecule has 0 amide bonds. The van der Waals surface area contributed by atoms with Crippen LogP contribution in [-0.4, -0.2) is 55.5 Å². The van der Waals surface area contributed by atoms with Crippen molar-refractivity contribution >= 4 is 23.2 Å². The Morgan fingerprint density at radius 2 is 1.00 bits per heavy atom. The summed E-state index contributed by atoms with van der Waals surface area (Å²) in [5, 5.41) is 29.3. The van der Waals surface area contributed by atoms with E-state index in [1.165, 1.54) is 0 Å². The summed E-state index contributed by atoms with van der Waals surface area (Å²) in [5.74, 6) is 0. The second kappa shape index (κ2) is 7.50. The highest BCUT2D eigenvalue weighted by Gasteiger charge is 2.29. The van der Waals surface area contributed by atoms with Gasteiger partial charge in [-0.1, -0.05) is 38.2 Å². The molecule has 12 nitrogen and oxygen atoms in total. The Balaban J connectivity index is 4.71. The molecule has 0 aliphatic rings. The second-order valence-electron chi connectivity index (χ2n) is 2.75. The van der Waals surface area contributed by atoms with Crippen molar-refractivity contribution in [1.29, 1.82) is 0 Å². The monoisotopic (exact) mass is 306 g/mol. The van der Waals surface area contributed by atoms with E-state index in [2.05, 4.69) is 0 Å². The first-order valence-electron chi connectivity index (χ1n) is 4.13. The Morgan fingerprint density at radius 3 is 1.17 bits per heavy atom. The molecule has 0 atom stereocenters. The molecule has 0 aromatic heterocycles. The molecule has 0 radical (unpaired) electrons. The van der Waals surface area contributed by atoms with Crippen LogP contribution in [0.25, 0.3) is 0 Å². The summed E-state index contributed by atoms with van der Waals surface area (Å²) in [6, 6.07) is -1.23. The van der Waals surface area contributed by atoms with Gasteiger partial charge in [-0.05, 0) is 0 Å². The van der Waals surface area contributed by atoms with E-state index < -0.39 is 40.4 Å². The summed E-state index contributed by atoms with van der Waals surface area (Å²) in [7, 11) is 0. The summed E-state index contributed by atoms with van der Waals surface area (Å²) >= 11 is 10.4. The Kier molecular flexibility index (Phi) is 6.74. The minimum Gasteiger partial charge on any atom is -0.235 e. The molecule has 0 saturated carbocycles. The van der Waals surface area contributed by atoms with Gasteiger partial charge in [-0.2, -0.15) is 0 Å². The lowest BCUT2D eigenvalue weighted by atomic mass is 10.8. The molecule has 0 heterocycles. The summed E-state index contributed by atoms with van der Waals surface area (Å²) in [6.07, 6.45) is 0. The Labute approximate surface area is 110 Å². The van der Waals surface area contributed by atoms with Gasteiger partial charge in [0, 0.05) is 0 Å². The van der Waals surface area contributed by atoms with Crippen LogP contribution in [0.15, 0.2) is 0 Å². The van der Waals surface area contributed by atoms with Gasteiger partial charge in [0.1, 0.15) is 0 Å². The van der Waals surface area contributed by atoms with Crippen molar-refractivity contribution in [2.24, 2.45) is 0 Å². The topological polar surface area (TPSA) is 139 Å². The Hall–Kier alpha value is -1.82. The number of nitro groups is 3. The Morgan fingerprint density at radius 1 is 0.722 bits per heavy atom. The van der Waals surface area contributed by atoms with Gasteiger partial charge < -0.3 is 0 Å². The predicted octanol–water partition coefficient (Wildman–Crippen LogP) is -0.225. The van der Waals surface area contributed by atoms with Crippen molar-refractivity contribution in [3.8, 4) is 0 Å². The zero-order valence-corrected chi connectivity index (χ0v) is 10.2. The Bertz CT molecular complexity index is 305. The number of hydrazine groups is 3. The molecule has 0 aromatic carbocycles. The van der Waals surface area contributed by atoms with Gasteiger partial charge in [-0.15, -0.1) is 0 Å². The molecule has 0 aliphatic carbocycles. The zero-order chi connectivity index (χ0) is 14.3. The molecule has 0 bridgehead atoms. The van der Waals surface area contributed by atoms with Crippen LogP contribution in [0.2, 0.25) is 0 Å². The third-order valence-electron chi connectivity index (χ3n) is 1.62. The fraction of sp³-hybridized carbons (Fsp3) is 1.00. The van der Waals surface area contributed by atoms with Gasteiger partial charge >= 0.3 is 0 Å². The van der Waals surface area contributed by atoms with Crippen molar-refractivity contribution in [1.82, 2.24) is 15.0 Å². The zero-order valence-electron chi connectivity index (χ0n) is 8.72. The molecule has 14 heteroatoms. The van der Waals surface area contributed by atoms with Crippen LogP contribution < -0.4 is 0 Å². The van der Waals surface area contributed by atoms with Crippen LogP contribution >= 0.6 is 23.2 Å². The van der Waals surface area contributed by atoms with Crippen LogP contribution in [0.3, 0.4) is 0 Å². The fourth-order valence-electron chi connectivity index (χ4n) is 0.791. The van der Waals surface area contributed by atoms with E-state index in [1.807, 2.05) is 0 Å². The maximum atomic E-state index is 10.6. The van der Waals surface area contributed by atoms with Gasteiger partial charge in [-0.3, -0.25) is 0 Å². The lowest BCUT2D eigenvalue weighted by molar-refractivity contribution is -0.734. The first-order valence-corrected chi connectivity index (χ1v) is 5.20. The van der Waals surface area contributed by atoms with Gasteiger partial charge in [-0.25, -0.2) is 30.3 Å². The molecule has 104 valence electrons. The maximum Gasteiger partial charge on any atom is 0.211 e. The van der Waals surface area contributed by atoms with Crippen LogP contribution in [0, 0.1) is 30.3 Å². The van der Waals surface area contributed by atoms with Crippen molar-refractivity contribution in [3.05, 3.63) is 30.3 Å². The highest BCUT2D eigenvalue weighted by Crippen LogP contribution is 2.01. The molecule has 0 aromatic rings. The molecule has 0 fully saturated rings. The van der Waals surface area contributed by atoms with Crippen molar-refractivity contribution in [2.75, 3.05) is 25.3 Å². The SMILES string of the molecule is O=[N+]([O-])N(CCl)CN(CN(CCl)[N+](=O)[O-])[N+](=O)[O-]. The minimum absolute atomic E-state index is 0.232. The number of nitrogens with zero attached hydrogens (tertiary/aromatic N) is 6. The number of alkyl halides is 2. The lowest BCUT2D eigenvalue weighted by Crippen LogP contribution is -2.49. The molecule has 0 aliphatic heterocycles. The highest BCUT2D eigenvalue weighted by molar-refractivity contribution is 6.17. The standard InChI is InChI=1S/C4H8Cl2N6O6/c5-1-7(10(13)14)3-9(12(17)18)4-8(2-6)11(15)16/h1-4H2. The highest BCUT2D eigenvalue weighted by atomic mass is 35.5. The smallest absolute Gasteiger partial charge is 0.211 e. The summed E-state index contributed by atoms with van der Waals surface area (Å²) in [5.41, 5.74) is 0. The number of hydrogen-bond donors (Lipinski definition) is 0. The van der Waals surface area contributed by atoms with Gasteiger partial charge in [0.05, 0.1) is 0 Å². The molecular formula is C4H8Cl2N6O6. The van der Waals surface area contributed by atoms with Crippen LogP contribution in [0.5, 0.6) is 0 Å². The third kappa shape index (κ3) is 5.01. The molecule has 0 N–H and O–H groups in total. The summed E-state index contributed by atoms with van der Waals surface area (Å²) in [4.78, 5) is 31.4. The average molecular weight is 307 g/mol. The summed E-state index contributed by atoms with van der Waals surface area (Å²) in [6.45, 7) is -1.66. The molecule has 0 spiro atoms. The maximum absolute atomic E-state index is 10.6. The molecule has 0 unspecified atom stereocenters. The third-order valence-corrected chi connectivity index (χ3v) is 2.17. The fourth-order valence-corrected chi connectivity index (χ4v) is 1.12. The first kappa shape index (κ1) is 16.2. The van der Waals surface area contributed by atoms with Gasteiger partial charge in [0.15, 0.2) is 27.1 Å². The average Bonchev–Trinajstić information content (AvgIpc) is 2.27. The van der Waals surface area contributed by atoms with E-state index in [4.69, 9.17) is 23.2 Å². The van der Waals surface area contributed by atoms with Crippen LogP contribution in [0.1, 0.15) is 0 Å². The van der Waals surface area contributed by atoms with Crippen molar-refractivity contribution < 1.29 is 15.1 Å². The van der Waals surface area contributed by atoms with E-state index in [0.29, 0.717) is 10.0 Å². The molecule has 18 heavy (non-hydrogen) atoms. The van der Waals surface area contributed by atoms with E-state index in [1.54, 1.807) is 0 Å². The summed E-state index contributed by atoms with van der Waals surface area (Å²) < 4.78 is 0. The van der Waals surface area contributed by atoms with Crippen molar-refractivity contribution in [3.63, 3.8) is 0 Å². The molecule has 0 rings (SSSR count). The number of halogens is 2. The molecular weight excluding hydrogens is 299 g/mol. The van der Waals surface area contributed by atoms with Gasteiger partial charge in [0.25, 0.3) is 0 Å². The van der Waals surface area contributed by atoms with E-state index >= 15 is 0 Å². The van der Waals surface area contributed by atoms with E-state index in [0.717, 1.165) is 0 Å².